The van der Waals surface area contributed by atoms with Crippen molar-refractivity contribution in [1.29, 1.82) is 0 Å². The standard InChI is InChI=1S/C12H11N3O3S/c13-7-3-9-10(18-2-1-17-9)4-8(7)15-12(16)11-5-14-6-19-11/h3-6H,1-2,13H2,(H,15,16). The topological polar surface area (TPSA) is 86.5 Å². The summed E-state index contributed by atoms with van der Waals surface area (Å²) < 4.78 is 10.9. The maximum Gasteiger partial charge on any atom is 0.267 e. The van der Waals surface area contributed by atoms with E-state index in [-0.39, 0.29) is 5.91 Å². The van der Waals surface area contributed by atoms with Crippen LogP contribution in [0.25, 0.3) is 0 Å². The van der Waals surface area contributed by atoms with Crippen LogP contribution in [0.1, 0.15) is 9.67 Å². The van der Waals surface area contributed by atoms with Gasteiger partial charge in [0.2, 0.25) is 0 Å². The van der Waals surface area contributed by atoms with Crippen LogP contribution in [0.4, 0.5) is 11.4 Å². The molecule has 0 spiro atoms. The van der Waals surface area contributed by atoms with Crippen LogP contribution in [0.2, 0.25) is 0 Å². The number of rotatable bonds is 2. The summed E-state index contributed by atoms with van der Waals surface area (Å²) in [4.78, 5) is 16.3. The minimum Gasteiger partial charge on any atom is -0.486 e. The number of hydrogen-bond acceptors (Lipinski definition) is 6. The van der Waals surface area contributed by atoms with E-state index in [0.717, 1.165) is 0 Å². The summed E-state index contributed by atoms with van der Waals surface area (Å²) in [5, 5.41) is 2.73. The number of nitrogens with zero attached hydrogens (tertiary/aromatic N) is 1. The highest BCUT2D eigenvalue weighted by molar-refractivity contribution is 7.11. The quantitative estimate of drug-likeness (QED) is 0.817. The van der Waals surface area contributed by atoms with Crippen molar-refractivity contribution in [2.45, 2.75) is 0 Å². The summed E-state index contributed by atoms with van der Waals surface area (Å²) in [5.41, 5.74) is 8.42. The molecular formula is C12H11N3O3S. The van der Waals surface area contributed by atoms with Gasteiger partial charge in [-0.15, -0.1) is 11.3 Å². The van der Waals surface area contributed by atoms with E-state index in [2.05, 4.69) is 10.3 Å². The van der Waals surface area contributed by atoms with Crippen molar-refractivity contribution >= 4 is 28.6 Å². The molecule has 6 nitrogen and oxygen atoms in total. The van der Waals surface area contributed by atoms with Gasteiger partial charge < -0.3 is 20.5 Å². The fourth-order valence-corrected chi connectivity index (χ4v) is 2.24. The van der Waals surface area contributed by atoms with E-state index >= 15 is 0 Å². The lowest BCUT2D eigenvalue weighted by Gasteiger charge is -2.20. The van der Waals surface area contributed by atoms with Crippen LogP contribution in [0.15, 0.2) is 23.8 Å². The van der Waals surface area contributed by atoms with Crippen LogP contribution < -0.4 is 20.5 Å². The van der Waals surface area contributed by atoms with Gasteiger partial charge in [0.15, 0.2) is 11.5 Å². The monoisotopic (exact) mass is 277 g/mol. The van der Waals surface area contributed by atoms with Crippen LogP contribution in [-0.4, -0.2) is 24.1 Å². The molecule has 0 fully saturated rings. The van der Waals surface area contributed by atoms with Gasteiger partial charge in [0.25, 0.3) is 5.91 Å². The summed E-state index contributed by atoms with van der Waals surface area (Å²) in [5.74, 6) is 0.936. The van der Waals surface area contributed by atoms with E-state index in [0.29, 0.717) is 41.0 Å². The summed E-state index contributed by atoms with van der Waals surface area (Å²) in [7, 11) is 0. The lowest BCUT2D eigenvalue weighted by atomic mass is 10.2. The van der Waals surface area contributed by atoms with Crippen LogP contribution in [0, 0.1) is 0 Å². The number of carbonyl (C=O) groups is 1. The van der Waals surface area contributed by atoms with Gasteiger partial charge in [-0.3, -0.25) is 9.78 Å². The van der Waals surface area contributed by atoms with Gasteiger partial charge in [0.05, 0.1) is 23.1 Å². The number of nitrogen functional groups attached to an aromatic ring is 1. The molecule has 2 aromatic rings. The molecule has 3 N–H and O–H groups in total. The third-order valence-corrected chi connectivity index (χ3v) is 3.39. The Morgan fingerprint density at radius 2 is 2.05 bits per heavy atom. The maximum atomic E-state index is 11.9. The summed E-state index contributed by atoms with van der Waals surface area (Å²) >= 11 is 1.27. The Balaban J connectivity index is 1.87. The molecule has 1 aromatic heterocycles. The number of fused-ring (bicyclic) bond motifs is 1. The molecule has 0 radical (unpaired) electrons. The van der Waals surface area contributed by atoms with Gasteiger partial charge in [0.1, 0.15) is 18.1 Å². The molecule has 0 atom stereocenters. The molecule has 1 aliphatic heterocycles. The molecule has 0 saturated carbocycles. The highest BCUT2D eigenvalue weighted by atomic mass is 32.1. The third kappa shape index (κ3) is 2.32. The number of anilines is 2. The van der Waals surface area contributed by atoms with E-state index in [1.807, 2.05) is 0 Å². The smallest absolute Gasteiger partial charge is 0.267 e. The van der Waals surface area contributed by atoms with Crippen molar-refractivity contribution in [2.75, 3.05) is 24.3 Å². The molecule has 1 aliphatic rings. The molecule has 0 unspecified atom stereocenters. The van der Waals surface area contributed by atoms with Gasteiger partial charge in [-0.05, 0) is 0 Å². The molecule has 98 valence electrons. The van der Waals surface area contributed by atoms with E-state index in [4.69, 9.17) is 15.2 Å². The van der Waals surface area contributed by atoms with Gasteiger partial charge in [-0.2, -0.15) is 0 Å². The Kier molecular flexibility index (Phi) is 2.96. The minimum absolute atomic E-state index is 0.245. The Morgan fingerprint density at radius 1 is 1.32 bits per heavy atom. The molecule has 1 amide bonds. The van der Waals surface area contributed by atoms with Crippen molar-refractivity contribution in [1.82, 2.24) is 4.98 Å². The Hall–Kier alpha value is -2.28. The van der Waals surface area contributed by atoms with Gasteiger partial charge in [0, 0.05) is 12.1 Å². The number of aromatic nitrogens is 1. The average molecular weight is 277 g/mol. The maximum absolute atomic E-state index is 11.9. The number of hydrogen-bond donors (Lipinski definition) is 2. The predicted molar refractivity (Wildman–Crippen MR) is 71.9 cm³/mol. The molecule has 2 heterocycles. The first kappa shape index (κ1) is 11.8. The van der Waals surface area contributed by atoms with Crippen molar-refractivity contribution in [2.24, 2.45) is 0 Å². The van der Waals surface area contributed by atoms with E-state index in [1.54, 1.807) is 17.6 Å². The SMILES string of the molecule is Nc1cc2c(cc1NC(=O)c1cncs1)OCCO2. The normalized spacial score (nSPS) is 13.1. The zero-order valence-corrected chi connectivity index (χ0v) is 10.7. The number of benzene rings is 1. The van der Waals surface area contributed by atoms with E-state index in [9.17, 15) is 4.79 Å². The summed E-state index contributed by atoms with van der Waals surface area (Å²) in [6.07, 6.45) is 1.51. The highest BCUT2D eigenvalue weighted by Gasteiger charge is 2.16. The number of nitrogens with one attached hydrogen (secondary N) is 1. The van der Waals surface area contributed by atoms with Gasteiger partial charge >= 0.3 is 0 Å². The predicted octanol–water partition coefficient (Wildman–Crippen LogP) is 1.75. The Bertz CT molecular complexity index is 613. The van der Waals surface area contributed by atoms with Gasteiger partial charge in [-0.25, -0.2) is 0 Å². The van der Waals surface area contributed by atoms with Crippen LogP contribution in [-0.2, 0) is 0 Å². The van der Waals surface area contributed by atoms with Crippen molar-refractivity contribution in [3.05, 3.63) is 28.7 Å². The number of carbonyl (C=O) groups excluding carboxylic acids is 1. The highest BCUT2D eigenvalue weighted by Crippen LogP contribution is 2.37. The Morgan fingerprint density at radius 3 is 2.74 bits per heavy atom. The molecule has 1 aromatic carbocycles. The van der Waals surface area contributed by atoms with Gasteiger partial charge in [-0.1, -0.05) is 0 Å². The lowest BCUT2D eigenvalue weighted by Crippen LogP contribution is -2.17. The third-order valence-electron chi connectivity index (χ3n) is 2.62. The Labute approximate surface area is 113 Å². The first-order valence-electron chi connectivity index (χ1n) is 5.63. The van der Waals surface area contributed by atoms with Crippen LogP contribution in [0.5, 0.6) is 11.5 Å². The molecule has 3 rings (SSSR count). The fraction of sp³-hybridized carbons (Fsp3) is 0.167. The van der Waals surface area contributed by atoms with Crippen LogP contribution in [0.3, 0.4) is 0 Å². The summed E-state index contributed by atoms with van der Waals surface area (Å²) in [6.45, 7) is 0.984. The minimum atomic E-state index is -0.245. The molecular weight excluding hydrogens is 266 g/mol. The zero-order chi connectivity index (χ0) is 13.2. The molecule has 0 aliphatic carbocycles. The molecule has 19 heavy (non-hydrogen) atoms. The summed E-state index contributed by atoms with van der Waals surface area (Å²) in [6, 6.07) is 3.32. The number of thiazole rings is 1. The van der Waals surface area contributed by atoms with Crippen molar-refractivity contribution in [3.8, 4) is 11.5 Å². The number of ether oxygens (including phenoxy) is 2. The van der Waals surface area contributed by atoms with Crippen molar-refractivity contribution in [3.63, 3.8) is 0 Å². The molecule has 0 saturated heterocycles. The molecule has 0 bridgehead atoms. The fourth-order valence-electron chi connectivity index (χ4n) is 1.72. The van der Waals surface area contributed by atoms with Crippen molar-refractivity contribution < 1.29 is 14.3 Å². The second-order valence-corrected chi connectivity index (χ2v) is 4.79. The lowest BCUT2D eigenvalue weighted by molar-refractivity contribution is 0.103. The zero-order valence-electron chi connectivity index (χ0n) is 9.88. The van der Waals surface area contributed by atoms with E-state index in [1.165, 1.54) is 17.5 Å². The first-order valence-corrected chi connectivity index (χ1v) is 6.51. The first-order chi connectivity index (χ1) is 9.24. The number of amides is 1. The van der Waals surface area contributed by atoms with E-state index < -0.39 is 0 Å². The average Bonchev–Trinajstić information content (AvgIpc) is 2.93. The second kappa shape index (κ2) is 4.77. The largest absolute Gasteiger partial charge is 0.486 e. The number of nitrogens with two attached hydrogens (primary N) is 1. The van der Waals surface area contributed by atoms with Crippen LogP contribution >= 0.6 is 11.3 Å². The molecule has 7 heteroatoms. The second-order valence-electron chi connectivity index (χ2n) is 3.90.